The van der Waals surface area contributed by atoms with E-state index in [1.807, 2.05) is 12.1 Å². The third-order valence-corrected chi connectivity index (χ3v) is 4.64. The van der Waals surface area contributed by atoms with Gasteiger partial charge in [0, 0.05) is 36.8 Å². The number of morpholine rings is 1. The Hall–Kier alpha value is -2.48. The van der Waals surface area contributed by atoms with E-state index in [1.165, 1.54) is 0 Å². The lowest BCUT2D eigenvalue weighted by Crippen LogP contribution is -2.48. The number of urea groups is 1. The van der Waals surface area contributed by atoms with Crippen LogP contribution in [-0.4, -0.2) is 55.1 Å². The minimum atomic E-state index is -0.890. The first-order chi connectivity index (χ1) is 13.0. The highest BCUT2D eigenvalue weighted by Gasteiger charge is 2.28. The number of aliphatic carboxylic acids is 1. The molecule has 156 valence electrons. The molecule has 1 aliphatic heterocycles. The average molecular weight is 393 g/mol. The second kappa shape index (κ2) is 8.68. The van der Waals surface area contributed by atoms with E-state index in [2.05, 4.69) is 29.4 Å². The SMILES string of the molecule is COc1cc(N2CCOC(C)(C)C2)ccc1NC(=O)NC(C)(C)CCC(=O)O. The van der Waals surface area contributed by atoms with E-state index in [1.54, 1.807) is 27.0 Å². The van der Waals surface area contributed by atoms with Crippen molar-refractivity contribution >= 4 is 23.4 Å². The number of nitrogens with one attached hydrogen (secondary N) is 2. The number of carboxylic acid groups (broad SMARTS) is 1. The van der Waals surface area contributed by atoms with Crippen LogP contribution in [0.1, 0.15) is 40.5 Å². The number of hydrogen-bond donors (Lipinski definition) is 3. The van der Waals surface area contributed by atoms with E-state index in [0.717, 1.165) is 18.8 Å². The van der Waals surface area contributed by atoms with Gasteiger partial charge in [-0.05, 0) is 46.2 Å². The zero-order valence-corrected chi connectivity index (χ0v) is 17.3. The Balaban J connectivity index is 2.05. The van der Waals surface area contributed by atoms with E-state index >= 15 is 0 Å². The molecule has 3 N–H and O–H groups in total. The van der Waals surface area contributed by atoms with E-state index in [4.69, 9.17) is 14.6 Å². The van der Waals surface area contributed by atoms with Crippen molar-refractivity contribution < 1.29 is 24.2 Å². The van der Waals surface area contributed by atoms with Gasteiger partial charge in [-0.3, -0.25) is 4.79 Å². The number of anilines is 2. The lowest BCUT2D eigenvalue weighted by atomic mass is 9.99. The summed E-state index contributed by atoms with van der Waals surface area (Å²) >= 11 is 0. The van der Waals surface area contributed by atoms with E-state index in [0.29, 0.717) is 24.5 Å². The molecule has 0 saturated carbocycles. The van der Waals surface area contributed by atoms with Crippen molar-refractivity contribution in [3.63, 3.8) is 0 Å². The topological polar surface area (TPSA) is 100 Å². The van der Waals surface area contributed by atoms with Crippen molar-refractivity contribution in [3.8, 4) is 5.75 Å². The summed E-state index contributed by atoms with van der Waals surface area (Å²) in [6.45, 7) is 9.90. The number of carboxylic acids is 1. The number of nitrogens with zero attached hydrogens (tertiary/aromatic N) is 1. The van der Waals surface area contributed by atoms with Crippen LogP contribution in [0.4, 0.5) is 16.2 Å². The Kier molecular flexibility index (Phi) is 6.77. The van der Waals surface area contributed by atoms with Crippen LogP contribution in [0.25, 0.3) is 0 Å². The molecular weight excluding hydrogens is 362 g/mol. The van der Waals surface area contributed by atoms with Crippen molar-refractivity contribution in [2.45, 2.75) is 51.7 Å². The number of hydrogen-bond acceptors (Lipinski definition) is 5. The molecule has 1 aromatic rings. The summed E-state index contributed by atoms with van der Waals surface area (Å²) in [6.07, 6.45) is 0.319. The second-order valence-corrected chi connectivity index (χ2v) is 8.27. The second-order valence-electron chi connectivity index (χ2n) is 8.27. The normalized spacial score (nSPS) is 16.4. The number of carbonyl (C=O) groups is 2. The van der Waals surface area contributed by atoms with Crippen LogP contribution in [0.3, 0.4) is 0 Å². The summed E-state index contributed by atoms with van der Waals surface area (Å²) in [7, 11) is 1.56. The van der Waals surface area contributed by atoms with Crippen LogP contribution < -0.4 is 20.3 Å². The molecule has 0 radical (unpaired) electrons. The first kappa shape index (κ1) is 21.8. The van der Waals surface area contributed by atoms with Gasteiger partial charge in [0.1, 0.15) is 5.75 Å². The Morgan fingerprint density at radius 1 is 1.36 bits per heavy atom. The zero-order valence-electron chi connectivity index (χ0n) is 17.3. The summed E-state index contributed by atoms with van der Waals surface area (Å²) in [5.41, 5.74) is 0.685. The average Bonchev–Trinajstić information content (AvgIpc) is 2.59. The number of methoxy groups -OCH3 is 1. The third kappa shape index (κ3) is 6.30. The summed E-state index contributed by atoms with van der Waals surface area (Å²) in [5, 5.41) is 14.4. The molecule has 0 atom stereocenters. The molecule has 8 nitrogen and oxygen atoms in total. The highest BCUT2D eigenvalue weighted by atomic mass is 16.5. The minimum Gasteiger partial charge on any atom is -0.494 e. The smallest absolute Gasteiger partial charge is 0.319 e. The van der Waals surface area contributed by atoms with Gasteiger partial charge in [-0.15, -0.1) is 0 Å². The molecule has 2 rings (SSSR count). The van der Waals surface area contributed by atoms with Crippen molar-refractivity contribution in [1.29, 1.82) is 0 Å². The fourth-order valence-electron chi connectivity index (χ4n) is 3.16. The zero-order chi connectivity index (χ0) is 20.9. The Morgan fingerprint density at radius 2 is 2.07 bits per heavy atom. The highest BCUT2D eigenvalue weighted by molar-refractivity contribution is 5.91. The van der Waals surface area contributed by atoms with Gasteiger partial charge in [-0.1, -0.05) is 0 Å². The van der Waals surface area contributed by atoms with Gasteiger partial charge in [0.2, 0.25) is 0 Å². The molecule has 0 bridgehead atoms. The highest BCUT2D eigenvalue weighted by Crippen LogP contribution is 2.32. The molecule has 1 saturated heterocycles. The van der Waals surface area contributed by atoms with Gasteiger partial charge in [0.25, 0.3) is 0 Å². The van der Waals surface area contributed by atoms with E-state index < -0.39 is 17.5 Å². The molecule has 0 aromatic heterocycles. The monoisotopic (exact) mass is 393 g/mol. The molecule has 1 aliphatic rings. The lowest BCUT2D eigenvalue weighted by molar-refractivity contribution is -0.137. The molecule has 0 unspecified atom stereocenters. The molecule has 1 fully saturated rings. The maximum atomic E-state index is 12.4. The minimum absolute atomic E-state index is 0.0127. The molecule has 0 aliphatic carbocycles. The Labute approximate surface area is 166 Å². The van der Waals surface area contributed by atoms with Gasteiger partial charge in [0.15, 0.2) is 0 Å². The van der Waals surface area contributed by atoms with Crippen LogP contribution in [0.15, 0.2) is 18.2 Å². The largest absolute Gasteiger partial charge is 0.494 e. The standard InChI is InChI=1S/C20H31N3O5/c1-19(2,9-8-17(24)25)22-18(26)21-15-7-6-14(12-16(15)27-5)23-10-11-28-20(3,4)13-23/h6-7,12H,8-11,13H2,1-5H3,(H,24,25)(H2,21,22,26). The maximum absolute atomic E-state index is 12.4. The van der Waals surface area contributed by atoms with Gasteiger partial charge < -0.3 is 30.1 Å². The van der Waals surface area contributed by atoms with E-state index in [9.17, 15) is 9.59 Å². The number of benzene rings is 1. The van der Waals surface area contributed by atoms with E-state index in [-0.39, 0.29) is 12.0 Å². The Morgan fingerprint density at radius 3 is 2.68 bits per heavy atom. The molecular formula is C20H31N3O5. The first-order valence-electron chi connectivity index (χ1n) is 9.39. The fourth-order valence-corrected chi connectivity index (χ4v) is 3.16. The maximum Gasteiger partial charge on any atom is 0.319 e. The predicted octanol–water partition coefficient (Wildman–Crippen LogP) is 3.08. The lowest BCUT2D eigenvalue weighted by Gasteiger charge is -2.39. The van der Waals surface area contributed by atoms with Crippen molar-refractivity contribution in [2.24, 2.45) is 0 Å². The van der Waals surface area contributed by atoms with Crippen LogP contribution in [0.2, 0.25) is 0 Å². The number of amides is 2. The number of rotatable bonds is 7. The van der Waals surface area contributed by atoms with Crippen LogP contribution in [-0.2, 0) is 9.53 Å². The molecule has 1 heterocycles. The Bertz CT molecular complexity index is 718. The summed E-state index contributed by atoms with van der Waals surface area (Å²) in [6, 6.07) is 5.23. The van der Waals surface area contributed by atoms with Crippen LogP contribution >= 0.6 is 0 Å². The fraction of sp³-hybridized carbons (Fsp3) is 0.600. The molecule has 2 amide bonds. The molecule has 0 spiro atoms. The van der Waals surface area contributed by atoms with Gasteiger partial charge in [-0.2, -0.15) is 0 Å². The van der Waals surface area contributed by atoms with Gasteiger partial charge >= 0.3 is 12.0 Å². The summed E-state index contributed by atoms with van der Waals surface area (Å²) in [4.78, 5) is 25.3. The van der Waals surface area contributed by atoms with Crippen molar-refractivity contribution in [2.75, 3.05) is 37.0 Å². The summed E-state index contributed by atoms with van der Waals surface area (Å²) < 4.78 is 11.2. The summed E-state index contributed by atoms with van der Waals surface area (Å²) in [5.74, 6) is -0.334. The van der Waals surface area contributed by atoms with Gasteiger partial charge in [-0.25, -0.2) is 4.79 Å². The quantitative estimate of drug-likeness (QED) is 0.658. The predicted molar refractivity (Wildman–Crippen MR) is 108 cm³/mol. The van der Waals surface area contributed by atoms with Crippen molar-refractivity contribution in [1.82, 2.24) is 5.32 Å². The van der Waals surface area contributed by atoms with Gasteiger partial charge in [0.05, 0.1) is 25.0 Å². The van der Waals surface area contributed by atoms with Crippen molar-refractivity contribution in [3.05, 3.63) is 18.2 Å². The number of ether oxygens (including phenoxy) is 2. The van der Waals surface area contributed by atoms with Crippen LogP contribution in [0.5, 0.6) is 5.75 Å². The number of carbonyl (C=O) groups excluding carboxylic acids is 1. The third-order valence-electron chi connectivity index (χ3n) is 4.64. The van der Waals surface area contributed by atoms with Crippen LogP contribution in [0, 0.1) is 0 Å². The first-order valence-corrected chi connectivity index (χ1v) is 9.39. The molecule has 8 heteroatoms. The molecule has 1 aromatic carbocycles. The molecule has 28 heavy (non-hydrogen) atoms.